The molecule has 8 heteroatoms. The molecule has 0 bridgehead atoms. The number of carbonyl (C=O) groups excluding carboxylic acids is 1. The van der Waals surface area contributed by atoms with Crippen LogP contribution < -0.4 is 5.32 Å². The van der Waals surface area contributed by atoms with Crippen molar-refractivity contribution in [1.29, 1.82) is 0 Å². The number of nitrogens with one attached hydrogen (secondary N) is 1. The van der Waals surface area contributed by atoms with Gasteiger partial charge in [-0.3, -0.25) is 9.69 Å². The minimum absolute atomic E-state index is 0.0397. The Bertz CT molecular complexity index is 668. The van der Waals surface area contributed by atoms with Gasteiger partial charge >= 0.3 is 0 Å². The fourth-order valence-electron chi connectivity index (χ4n) is 2.52. The summed E-state index contributed by atoms with van der Waals surface area (Å²) in [6.45, 7) is 4.28. The number of morpholine rings is 1. The van der Waals surface area contributed by atoms with E-state index >= 15 is 0 Å². The third-order valence-electron chi connectivity index (χ3n) is 3.74. The Morgan fingerprint density at radius 3 is 2.96 bits per heavy atom. The molecule has 1 N–H and O–H groups in total. The van der Waals surface area contributed by atoms with E-state index in [0.29, 0.717) is 11.6 Å². The van der Waals surface area contributed by atoms with Crippen molar-refractivity contribution < 1.29 is 9.53 Å². The molecule has 0 saturated carbocycles. The first-order chi connectivity index (χ1) is 11.7. The molecule has 24 heavy (non-hydrogen) atoms. The van der Waals surface area contributed by atoms with Crippen molar-refractivity contribution in [1.82, 2.24) is 9.88 Å². The number of nitrogens with zero attached hydrogens (tertiary/aromatic N) is 2. The van der Waals surface area contributed by atoms with Crippen molar-refractivity contribution in [2.45, 2.75) is 25.8 Å². The van der Waals surface area contributed by atoms with E-state index in [2.05, 4.69) is 37.2 Å². The normalized spacial score (nSPS) is 15.5. The van der Waals surface area contributed by atoms with Gasteiger partial charge in [-0.1, -0.05) is 0 Å². The summed E-state index contributed by atoms with van der Waals surface area (Å²) in [5.41, 5.74) is 1.01. The number of hydrogen-bond acceptors (Lipinski definition) is 6. The predicted octanol–water partition coefficient (Wildman–Crippen LogP) is 3.76. The van der Waals surface area contributed by atoms with Crippen LogP contribution in [0.4, 0.5) is 5.13 Å². The molecule has 5 nitrogen and oxygen atoms in total. The molecule has 1 fully saturated rings. The topological polar surface area (TPSA) is 54.5 Å². The van der Waals surface area contributed by atoms with Gasteiger partial charge < -0.3 is 10.1 Å². The number of carbonyl (C=O) groups is 1. The van der Waals surface area contributed by atoms with Crippen LogP contribution in [-0.4, -0.2) is 42.1 Å². The number of amides is 1. The summed E-state index contributed by atoms with van der Waals surface area (Å²) in [4.78, 5) is 20.2. The molecule has 0 atom stereocenters. The zero-order chi connectivity index (χ0) is 16.8. The molecule has 0 spiro atoms. The van der Waals surface area contributed by atoms with Crippen LogP contribution in [0.25, 0.3) is 0 Å². The van der Waals surface area contributed by atoms with Gasteiger partial charge in [0.2, 0.25) is 5.91 Å². The Kier molecular flexibility index (Phi) is 6.79. The van der Waals surface area contributed by atoms with Gasteiger partial charge in [0.1, 0.15) is 0 Å². The lowest BCUT2D eigenvalue weighted by Gasteiger charge is -2.25. The van der Waals surface area contributed by atoms with E-state index in [9.17, 15) is 4.79 Å². The van der Waals surface area contributed by atoms with Crippen LogP contribution >= 0.6 is 38.6 Å². The minimum atomic E-state index is 0.0397. The van der Waals surface area contributed by atoms with Crippen molar-refractivity contribution in [3.63, 3.8) is 0 Å². The maximum absolute atomic E-state index is 12.0. The Balaban J connectivity index is 1.39. The first kappa shape index (κ1) is 18.0. The highest BCUT2D eigenvalue weighted by molar-refractivity contribution is 9.11. The minimum Gasteiger partial charge on any atom is -0.379 e. The molecule has 1 aliphatic rings. The number of ether oxygens (including phenoxy) is 1. The third-order valence-corrected chi connectivity index (χ3v) is 6.23. The first-order valence-electron chi connectivity index (χ1n) is 7.97. The van der Waals surface area contributed by atoms with Gasteiger partial charge in [-0.2, -0.15) is 0 Å². The molecule has 1 saturated heterocycles. The third kappa shape index (κ3) is 5.63. The molecule has 0 aliphatic carbocycles. The number of anilines is 1. The van der Waals surface area contributed by atoms with Crippen LogP contribution in [0.2, 0.25) is 0 Å². The summed E-state index contributed by atoms with van der Waals surface area (Å²) in [5.74, 6) is 0.0397. The second-order valence-electron chi connectivity index (χ2n) is 5.64. The molecule has 0 radical (unpaired) electrons. The zero-order valence-corrected chi connectivity index (χ0v) is 16.5. The predicted molar refractivity (Wildman–Crippen MR) is 102 cm³/mol. The molecule has 2 aromatic rings. The molecule has 1 amide bonds. The summed E-state index contributed by atoms with van der Waals surface area (Å²) in [6, 6.07) is 4.15. The van der Waals surface area contributed by atoms with Crippen molar-refractivity contribution in [3.05, 3.63) is 31.9 Å². The van der Waals surface area contributed by atoms with Crippen molar-refractivity contribution in [2.75, 3.05) is 31.6 Å². The summed E-state index contributed by atoms with van der Waals surface area (Å²) >= 11 is 6.68. The summed E-state index contributed by atoms with van der Waals surface area (Å²) in [7, 11) is 0. The van der Waals surface area contributed by atoms with Crippen LogP contribution in [0, 0.1) is 0 Å². The van der Waals surface area contributed by atoms with E-state index in [1.165, 1.54) is 16.2 Å². The van der Waals surface area contributed by atoms with E-state index in [4.69, 9.17) is 4.74 Å². The molecule has 1 aliphatic heterocycles. The van der Waals surface area contributed by atoms with Crippen molar-refractivity contribution in [2.24, 2.45) is 0 Å². The Morgan fingerprint density at radius 2 is 2.21 bits per heavy atom. The van der Waals surface area contributed by atoms with Gasteiger partial charge in [-0.05, 0) is 40.9 Å². The maximum atomic E-state index is 12.0. The highest BCUT2D eigenvalue weighted by Crippen LogP contribution is 2.23. The monoisotopic (exact) mass is 429 g/mol. The lowest BCUT2D eigenvalue weighted by molar-refractivity contribution is -0.116. The van der Waals surface area contributed by atoms with Gasteiger partial charge in [0, 0.05) is 36.3 Å². The van der Waals surface area contributed by atoms with E-state index in [0.717, 1.165) is 55.2 Å². The van der Waals surface area contributed by atoms with E-state index in [1.54, 1.807) is 11.3 Å². The average molecular weight is 430 g/mol. The van der Waals surface area contributed by atoms with Gasteiger partial charge in [-0.15, -0.1) is 22.7 Å². The van der Waals surface area contributed by atoms with E-state index in [1.807, 2.05) is 11.4 Å². The van der Waals surface area contributed by atoms with Crippen LogP contribution in [0.1, 0.15) is 23.4 Å². The quantitative estimate of drug-likeness (QED) is 0.727. The number of halogens is 1. The molecule has 3 rings (SSSR count). The molecule has 2 aromatic heterocycles. The number of hydrogen-bond donors (Lipinski definition) is 1. The van der Waals surface area contributed by atoms with Crippen LogP contribution in [-0.2, 0) is 22.5 Å². The summed E-state index contributed by atoms with van der Waals surface area (Å²) in [6.07, 6.45) is 2.31. The number of thiazole rings is 1. The maximum Gasteiger partial charge on any atom is 0.226 e. The van der Waals surface area contributed by atoms with Crippen LogP contribution in [0.5, 0.6) is 0 Å². The molecular formula is C16H20BrN3O2S2. The smallest absolute Gasteiger partial charge is 0.226 e. The lowest BCUT2D eigenvalue weighted by atomic mass is 10.2. The number of aromatic nitrogens is 1. The molecule has 3 heterocycles. The molecule has 0 aromatic carbocycles. The summed E-state index contributed by atoms with van der Waals surface area (Å²) in [5, 5.41) is 5.63. The second-order valence-corrected chi connectivity index (χ2v) is 9.05. The number of thiophene rings is 1. The second kappa shape index (κ2) is 9.05. The SMILES string of the molecule is O=C(CCCc1ccc(Br)s1)Nc1nc(CN2CCOCC2)cs1. The first-order valence-corrected chi connectivity index (χ1v) is 10.5. The molecule has 0 unspecified atom stereocenters. The van der Waals surface area contributed by atoms with Crippen molar-refractivity contribution in [3.8, 4) is 0 Å². The van der Waals surface area contributed by atoms with Crippen molar-refractivity contribution >= 4 is 49.6 Å². The van der Waals surface area contributed by atoms with E-state index < -0.39 is 0 Å². The average Bonchev–Trinajstić information content (AvgIpc) is 3.17. The van der Waals surface area contributed by atoms with E-state index in [-0.39, 0.29) is 5.91 Å². The Labute approximate surface area is 158 Å². The summed E-state index contributed by atoms with van der Waals surface area (Å²) < 4.78 is 6.48. The van der Waals surface area contributed by atoms with Crippen LogP contribution in [0.15, 0.2) is 21.3 Å². The fourth-order valence-corrected chi connectivity index (χ4v) is 4.76. The Hall–Kier alpha value is -0.800. The molecule has 130 valence electrons. The fraction of sp³-hybridized carbons (Fsp3) is 0.500. The highest BCUT2D eigenvalue weighted by atomic mass is 79.9. The zero-order valence-electron chi connectivity index (χ0n) is 13.3. The largest absolute Gasteiger partial charge is 0.379 e. The van der Waals surface area contributed by atoms with Gasteiger partial charge in [0.25, 0.3) is 0 Å². The van der Waals surface area contributed by atoms with Gasteiger partial charge in [0.05, 0.1) is 22.7 Å². The standard InChI is InChI=1S/C16H20BrN3O2S2/c17-14-5-4-13(24-14)2-1-3-15(21)19-16-18-12(11-23-16)10-20-6-8-22-9-7-20/h4-5,11H,1-3,6-10H2,(H,18,19,21). The highest BCUT2D eigenvalue weighted by Gasteiger charge is 2.13. The Morgan fingerprint density at radius 1 is 1.38 bits per heavy atom. The van der Waals surface area contributed by atoms with Gasteiger partial charge in [-0.25, -0.2) is 4.98 Å². The van der Waals surface area contributed by atoms with Crippen LogP contribution in [0.3, 0.4) is 0 Å². The van der Waals surface area contributed by atoms with Gasteiger partial charge in [0.15, 0.2) is 5.13 Å². The lowest BCUT2D eigenvalue weighted by Crippen LogP contribution is -2.35. The molecular weight excluding hydrogens is 410 g/mol. The number of rotatable bonds is 7. The number of aryl methyl sites for hydroxylation is 1.